The van der Waals surface area contributed by atoms with Gasteiger partial charge in [0.15, 0.2) is 17.3 Å². The van der Waals surface area contributed by atoms with Crippen LogP contribution in [0.15, 0.2) is 51.6 Å². The minimum absolute atomic E-state index is 0.0252. The molecule has 8 heteroatoms. The Morgan fingerprint density at radius 1 is 1.07 bits per heavy atom. The van der Waals surface area contributed by atoms with Crippen LogP contribution < -0.4 is 14.2 Å². The molecule has 0 unspecified atom stereocenters. The van der Waals surface area contributed by atoms with Gasteiger partial charge in [-0.05, 0) is 35.9 Å². The zero-order chi connectivity index (χ0) is 19.9. The average Bonchev–Trinajstić information content (AvgIpc) is 3.41. The molecule has 0 aliphatic carbocycles. The van der Waals surface area contributed by atoms with Gasteiger partial charge in [0, 0.05) is 12.1 Å². The van der Waals surface area contributed by atoms with Crippen LogP contribution in [0.25, 0.3) is 17.6 Å². The molecular formula is C20H19NO7. The molecule has 0 aliphatic rings. The van der Waals surface area contributed by atoms with Crippen LogP contribution in [0.3, 0.4) is 0 Å². The summed E-state index contributed by atoms with van der Waals surface area (Å²) >= 11 is 0. The molecule has 0 saturated carbocycles. The van der Waals surface area contributed by atoms with Gasteiger partial charge in [0.05, 0.1) is 27.6 Å². The number of methoxy groups -OCH3 is 3. The highest BCUT2D eigenvalue weighted by Gasteiger charge is 2.13. The van der Waals surface area contributed by atoms with Crippen LogP contribution >= 0.6 is 0 Å². The summed E-state index contributed by atoms with van der Waals surface area (Å²) in [6.45, 7) is -0.0252. The Bertz CT molecular complexity index is 932. The number of nitrogens with zero attached hydrogens (tertiary/aromatic N) is 1. The second kappa shape index (κ2) is 8.81. The summed E-state index contributed by atoms with van der Waals surface area (Å²) in [5.74, 6) is 1.93. The van der Waals surface area contributed by atoms with E-state index in [1.54, 1.807) is 36.4 Å². The number of rotatable bonds is 8. The van der Waals surface area contributed by atoms with Crippen molar-refractivity contribution in [2.45, 2.75) is 6.61 Å². The van der Waals surface area contributed by atoms with E-state index in [0.717, 1.165) is 0 Å². The monoisotopic (exact) mass is 385 g/mol. The molecule has 0 amide bonds. The number of ether oxygens (including phenoxy) is 4. The van der Waals surface area contributed by atoms with Crippen molar-refractivity contribution in [3.8, 4) is 28.8 Å². The summed E-state index contributed by atoms with van der Waals surface area (Å²) < 4.78 is 31.4. The lowest BCUT2D eigenvalue weighted by atomic mass is 10.1. The van der Waals surface area contributed by atoms with Crippen molar-refractivity contribution >= 4 is 12.0 Å². The van der Waals surface area contributed by atoms with Gasteiger partial charge in [-0.2, -0.15) is 0 Å². The predicted octanol–water partition coefficient (Wildman–Crippen LogP) is 3.72. The normalized spacial score (nSPS) is 10.8. The lowest BCUT2D eigenvalue weighted by Gasteiger charge is -2.12. The van der Waals surface area contributed by atoms with Crippen LogP contribution in [-0.2, 0) is 16.1 Å². The van der Waals surface area contributed by atoms with Crippen LogP contribution in [0.2, 0.25) is 0 Å². The molecule has 0 saturated heterocycles. The molecule has 2 heterocycles. The highest BCUT2D eigenvalue weighted by atomic mass is 16.5. The highest BCUT2D eigenvalue weighted by Crippen LogP contribution is 2.38. The fraction of sp³-hybridized carbons (Fsp3) is 0.200. The molecule has 0 bridgehead atoms. The summed E-state index contributed by atoms with van der Waals surface area (Å²) in [5.41, 5.74) is 1.16. The van der Waals surface area contributed by atoms with Gasteiger partial charge in [-0.1, -0.05) is 5.16 Å². The Labute approximate surface area is 161 Å². The first-order valence-electron chi connectivity index (χ1n) is 8.29. The first kappa shape index (κ1) is 19.1. The predicted molar refractivity (Wildman–Crippen MR) is 99.1 cm³/mol. The third-order valence-electron chi connectivity index (χ3n) is 3.78. The maximum atomic E-state index is 12.0. The SMILES string of the molecule is COc1cc(/C=C\C(=O)OCc2cc(-c3ccco3)on2)cc(OC)c1OC. The molecule has 3 aromatic rings. The lowest BCUT2D eigenvalue weighted by Crippen LogP contribution is -2.01. The number of esters is 1. The topological polar surface area (TPSA) is 93.2 Å². The number of carbonyl (C=O) groups excluding carboxylic acids is 1. The smallest absolute Gasteiger partial charge is 0.331 e. The van der Waals surface area contributed by atoms with Crippen LogP contribution in [0, 0.1) is 0 Å². The van der Waals surface area contributed by atoms with Crippen LogP contribution in [-0.4, -0.2) is 32.5 Å². The zero-order valence-electron chi connectivity index (χ0n) is 15.6. The summed E-state index contributed by atoms with van der Waals surface area (Å²) in [6.07, 6.45) is 4.42. The summed E-state index contributed by atoms with van der Waals surface area (Å²) in [5, 5.41) is 3.84. The molecule has 8 nitrogen and oxygen atoms in total. The first-order valence-corrected chi connectivity index (χ1v) is 8.29. The molecule has 0 aliphatic heterocycles. The van der Waals surface area contributed by atoms with Gasteiger partial charge in [0.25, 0.3) is 0 Å². The molecule has 0 atom stereocenters. The van der Waals surface area contributed by atoms with Crippen molar-refractivity contribution in [1.82, 2.24) is 5.16 Å². The van der Waals surface area contributed by atoms with E-state index < -0.39 is 5.97 Å². The lowest BCUT2D eigenvalue weighted by molar-refractivity contribution is -0.139. The molecule has 0 N–H and O–H groups in total. The van der Waals surface area contributed by atoms with Crippen molar-refractivity contribution in [3.05, 3.63) is 53.9 Å². The third-order valence-corrected chi connectivity index (χ3v) is 3.78. The van der Waals surface area contributed by atoms with Gasteiger partial charge in [-0.15, -0.1) is 0 Å². The molecule has 0 spiro atoms. The van der Waals surface area contributed by atoms with E-state index in [4.69, 9.17) is 27.9 Å². The molecule has 0 radical (unpaired) electrons. The summed E-state index contributed by atoms with van der Waals surface area (Å²) in [4.78, 5) is 12.0. The maximum Gasteiger partial charge on any atom is 0.331 e. The fourth-order valence-electron chi connectivity index (χ4n) is 2.47. The van der Waals surface area contributed by atoms with Crippen molar-refractivity contribution in [1.29, 1.82) is 0 Å². The van der Waals surface area contributed by atoms with E-state index >= 15 is 0 Å². The molecular weight excluding hydrogens is 366 g/mol. The molecule has 3 rings (SSSR count). The van der Waals surface area contributed by atoms with Gasteiger partial charge in [0.1, 0.15) is 12.3 Å². The second-order valence-electron chi connectivity index (χ2n) is 5.56. The minimum Gasteiger partial charge on any atom is -0.493 e. The Morgan fingerprint density at radius 3 is 2.43 bits per heavy atom. The van der Waals surface area contributed by atoms with Gasteiger partial charge in [-0.3, -0.25) is 0 Å². The number of carbonyl (C=O) groups is 1. The van der Waals surface area contributed by atoms with Crippen molar-refractivity contribution in [2.75, 3.05) is 21.3 Å². The van der Waals surface area contributed by atoms with Gasteiger partial charge in [-0.25, -0.2) is 4.79 Å². The van der Waals surface area contributed by atoms with Gasteiger partial charge >= 0.3 is 5.97 Å². The van der Waals surface area contributed by atoms with Crippen molar-refractivity contribution in [2.24, 2.45) is 0 Å². The molecule has 146 valence electrons. The standard InChI is InChI=1S/C20H19NO7/c1-23-17-9-13(10-18(24-2)20(17)25-3)6-7-19(22)27-12-14-11-16(28-21-14)15-5-4-8-26-15/h4-11H,12H2,1-3H3/b7-6-. The Morgan fingerprint density at radius 2 is 1.82 bits per heavy atom. The summed E-state index contributed by atoms with van der Waals surface area (Å²) in [7, 11) is 4.57. The first-order chi connectivity index (χ1) is 13.6. The van der Waals surface area contributed by atoms with Crippen molar-refractivity contribution < 1.29 is 32.7 Å². The van der Waals surface area contributed by atoms with E-state index in [-0.39, 0.29) is 6.61 Å². The van der Waals surface area contributed by atoms with Crippen molar-refractivity contribution in [3.63, 3.8) is 0 Å². The number of furan rings is 1. The van der Waals surface area contributed by atoms with E-state index in [9.17, 15) is 4.79 Å². The molecule has 1 aromatic carbocycles. The largest absolute Gasteiger partial charge is 0.493 e. The van der Waals surface area contributed by atoms with E-state index in [1.165, 1.54) is 33.7 Å². The van der Waals surface area contributed by atoms with E-state index in [0.29, 0.717) is 40.0 Å². The highest BCUT2D eigenvalue weighted by molar-refractivity contribution is 5.87. The zero-order valence-corrected chi connectivity index (χ0v) is 15.6. The molecule has 28 heavy (non-hydrogen) atoms. The third kappa shape index (κ3) is 4.35. The quantitative estimate of drug-likeness (QED) is 0.428. The average molecular weight is 385 g/mol. The van der Waals surface area contributed by atoms with Gasteiger partial charge < -0.3 is 27.9 Å². The maximum absolute atomic E-state index is 12.0. The van der Waals surface area contributed by atoms with Gasteiger partial charge in [0.2, 0.25) is 11.5 Å². The van der Waals surface area contributed by atoms with Crippen LogP contribution in [0.4, 0.5) is 0 Å². The number of hydrogen-bond donors (Lipinski definition) is 0. The molecule has 0 fully saturated rings. The Balaban J connectivity index is 1.62. The number of aromatic nitrogens is 1. The Hall–Kier alpha value is -3.68. The van der Waals surface area contributed by atoms with Crippen LogP contribution in [0.5, 0.6) is 17.2 Å². The molecule has 2 aromatic heterocycles. The fourth-order valence-corrected chi connectivity index (χ4v) is 2.47. The van der Waals surface area contributed by atoms with E-state index in [2.05, 4.69) is 5.16 Å². The van der Waals surface area contributed by atoms with E-state index in [1.807, 2.05) is 0 Å². The number of hydrogen-bond acceptors (Lipinski definition) is 8. The minimum atomic E-state index is -0.531. The summed E-state index contributed by atoms with van der Waals surface area (Å²) in [6, 6.07) is 8.58. The number of benzene rings is 1. The second-order valence-corrected chi connectivity index (χ2v) is 5.56. The van der Waals surface area contributed by atoms with Crippen LogP contribution in [0.1, 0.15) is 11.3 Å². The Kier molecular flexibility index (Phi) is 6.01.